The molecular weight excluding hydrogens is 1180 g/mol. The fourth-order valence-electron chi connectivity index (χ4n) is 7.42. The van der Waals surface area contributed by atoms with Crippen LogP contribution < -0.4 is 76.1 Å². The summed E-state index contributed by atoms with van der Waals surface area (Å²) < 4.78 is 21.3. The first-order chi connectivity index (χ1) is 40.7. The van der Waals surface area contributed by atoms with Crippen molar-refractivity contribution in [2.45, 2.75) is 87.2 Å². The Labute approximate surface area is 506 Å². The van der Waals surface area contributed by atoms with E-state index in [-0.39, 0.29) is 128 Å². The van der Waals surface area contributed by atoms with Gasteiger partial charge in [0.25, 0.3) is 0 Å². The van der Waals surface area contributed by atoms with Gasteiger partial charge in [-0.25, -0.2) is 0 Å². The van der Waals surface area contributed by atoms with Crippen LogP contribution in [0.2, 0.25) is 0 Å². The van der Waals surface area contributed by atoms with Gasteiger partial charge in [-0.3, -0.25) is 62.5 Å². The van der Waals surface area contributed by atoms with Gasteiger partial charge >= 0.3 is 5.97 Å². The lowest BCUT2D eigenvalue weighted by Crippen LogP contribution is -2.60. The van der Waals surface area contributed by atoms with Crippen molar-refractivity contribution in [3.05, 3.63) is 35.9 Å². The summed E-state index contributed by atoms with van der Waals surface area (Å²) in [4.78, 5) is 162. The molecule has 2 rings (SSSR count). The van der Waals surface area contributed by atoms with Gasteiger partial charge in [0, 0.05) is 43.3 Å². The van der Waals surface area contributed by atoms with Crippen molar-refractivity contribution in [1.82, 2.24) is 53.2 Å². The van der Waals surface area contributed by atoms with Gasteiger partial charge < -0.3 is 100 Å². The number of hydrogen-bond acceptors (Lipinski definition) is 21. The van der Waals surface area contributed by atoms with Gasteiger partial charge in [-0.2, -0.15) is 25.3 Å². The number of nitrogens with two attached hydrogens (primary N) is 4. The van der Waals surface area contributed by atoms with Crippen LogP contribution in [0.4, 0.5) is 0 Å². The monoisotopic (exact) mass is 1260 g/mol. The van der Waals surface area contributed by atoms with Crippen LogP contribution in [-0.2, 0) is 82.9 Å². The van der Waals surface area contributed by atoms with E-state index in [1.54, 1.807) is 30.3 Å². The standard InChI is InChI=1S/C50H81N15O17S3/c51-11-5-4-9-32-45(74)63-35(26-83)48(77)61-31(10-6-12-57-50(53)54)43(72)58-23-39(67)60-34(22-42(70)71)47(76)64-36(27-84)49(78)62-33(21-30-7-2-1-3-8-30)46(75)65-37(28-85-29-41(69)59-32)44(73)56-14-16-80-18-20-81-19-17-79-15-13-55-40(68)25-82-24-38(52)66/h1-3,7-8,31-37,83-84H,4-6,9-29,51H2,(H2,52,66)(H,55,68)(H,56,73)(H,58,72)(H,59,69)(H,60,67)(H,61,77)(H,62,78)(H,63,74)(H,64,76)(H,65,75)(H,70,71)(H4,53,54,57)/t31-,32-,33-,34-,35?,36-,37?/m0/s1. The molecule has 1 aliphatic heterocycles. The summed E-state index contributed by atoms with van der Waals surface area (Å²) in [6.45, 7) is -0.321. The Kier molecular flexibility index (Phi) is 38.0. The van der Waals surface area contributed by atoms with Crippen molar-refractivity contribution in [1.29, 1.82) is 0 Å². The minimum absolute atomic E-state index is 0.00910. The van der Waals surface area contributed by atoms with E-state index in [0.717, 1.165) is 11.8 Å². The molecule has 0 radical (unpaired) electrons. The Balaban J connectivity index is 2.41. The number of aliphatic carboxylic acids is 1. The average Bonchev–Trinajstić information content (AvgIpc) is 3.67. The molecular formula is C50H81N15O17S3. The number of thiol groups is 2. The van der Waals surface area contributed by atoms with E-state index in [0.29, 0.717) is 18.4 Å². The first-order valence-electron chi connectivity index (χ1n) is 27.0. The van der Waals surface area contributed by atoms with E-state index < -0.39 is 132 Å². The number of carboxylic acids is 1. The fourth-order valence-corrected chi connectivity index (χ4v) is 8.79. The van der Waals surface area contributed by atoms with Gasteiger partial charge in [0.15, 0.2) is 5.96 Å². The highest BCUT2D eigenvalue weighted by Gasteiger charge is 2.34. The number of ether oxygens (including phenoxy) is 4. The maximum Gasteiger partial charge on any atom is 0.305 e. The number of benzene rings is 1. The van der Waals surface area contributed by atoms with E-state index in [9.17, 15) is 62.6 Å². The molecule has 0 saturated carbocycles. The van der Waals surface area contributed by atoms with Crippen LogP contribution in [-0.4, -0.2) is 233 Å². The molecule has 85 heavy (non-hydrogen) atoms. The highest BCUT2D eigenvalue weighted by atomic mass is 32.2. The number of carboxylic acid groups (broad SMARTS) is 1. The lowest BCUT2D eigenvalue weighted by atomic mass is 10.0. The lowest BCUT2D eigenvalue weighted by Gasteiger charge is -2.26. The third-order valence-electron chi connectivity index (χ3n) is 11.7. The number of thioether (sulfide) groups is 1. The van der Waals surface area contributed by atoms with Crippen LogP contribution in [0.25, 0.3) is 0 Å². The van der Waals surface area contributed by atoms with Gasteiger partial charge in [0.1, 0.15) is 55.5 Å². The molecule has 35 heteroatoms. The van der Waals surface area contributed by atoms with Crippen LogP contribution in [0.1, 0.15) is 44.1 Å². The van der Waals surface area contributed by atoms with Gasteiger partial charge in [-0.1, -0.05) is 30.3 Å². The van der Waals surface area contributed by atoms with E-state index in [1.807, 2.05) is 0 Å². The lowest BCUT2D eigenvalue weighted by molar-refractivity contribution is -0.141. The van der Waals surface area contributed by atoms with Gasteiger partial charge in [0.2, 0.25) is 65.0 Å². The van der Waals surface area contributed by atoms with Crippen LogP contribution in [0.15, 0.2) is 35.3 Å². The van der Waals surface area contributed by atoms with Crippen LogP contribution in [0, 0.1) is 0 Å². The number of hydrogen-bond donors (Lipinski definition) is 17. The molecule has 0 aliphatic carbocycles. The maximum absolute atomic E-state index is 14.3. The van der Waals surface area contributed by atoms with E-state index >= 15 is 0 Å². The Morgan fingerprint density at radius 2 is 1.14 bits per heavy atom. The fraction of sp³-hybridized carbons (Fsp3) is 0.620. The maximum atomic E-state index is 14.3. The number of nitrogens with zero attached hydrogens (tertiary/aromatic N) is 1. The molecule has 476 valence electrons. The minimum Gasteiger partial charge on any atom is -0.481 e. The Hall–Kier alpha value is -7.02. The topological polar surface area (TPSA) is 499 Å². The first-order valence-corrected chi connectivity index (χ1v) is 29.4. The highest BCUT2D eigenvalue weighted by molar-refractivity contribution is 8.00. The number of unbranched alkanes of at least 4 members (excludes halogenated alkanes) is 1. The number of nitrogens with one attached hydrogen (secondary N) is 10. The number of guanidine groups is 1. The number of aliphatic imine (C=N–C) groups is 1. The Bertz CT molecular complexity index is 2360. The molecule has 1 aromatic carbocycles. The number of carbonyl (C=O) groups excluding carboxylic acids is 11. The SMILES string of the molecule is NCCCC[C@@H]1NC(=O)CSCC(C(=O)NCCOCCOCCOCCNC(=O)COCC(N)=O)NC(=O)[C@H](Cc2ccccc2)NC(=O)[C@H](CS)NC(=O)[C@H](CC(=O)O)NC(=O)CNC(=O)[C@H](CCCN=C(N)N)NC(=O)C(CS)NC1=O. The molecule has 19 N–H and O–H groups in total. The van der Waals surface area contributed by atoms with Crippen molar-refractivity contribution >= 4 is 114 Å². The number of carbonyl (C=O) groups is 12. The molecule has 11 amide bonds. The minimum atomic E-state index is -1.83. The molecule has 0 aromatic heterocycles. The predicted octanol–water partition coefficient (Wildman–Crippen LogP) is -7.21. The van der Waals surface area contributed by atoms with E-state index in [1.165, 1.54) is 0 Å². The number of rotatable bonds is 31. The van der Waals surface area contributed by atoms with Crippen LogP contribution in [0.3, 0.4) is 0 Å². The van der Waals surface area contributed by atoms with Crippen molar-refractivity contribution in [2.75, 3.05) is 109 Å². The number of amides is 11. The smallest absolute Gasteiger partial charge is 0.305 e. The van der Waals surface area contributed by atoms with Crippen molar-refractivity contribution in [3.63, 3.8) is 0 Å². The third kappa shape index (κ3) is 33.3. The first kappa shape index (κ1) is 74.1. The summed E-state index contributed by atoms with van der Waals surface area (Å²) in [7, 11) is 0. The quantitative estimate of drug-likeness (QED) is 0.0142. The second kappa shape index (κ2) is 43.6. The van der Waals surface area contributed by atoms with Crippen molar-refractivity contribution < 1.29 is 81.6 Å². The molecule has 7 atom stereocenters. The molecule has 1 aromatic rings. The molecule has 32 nitrogen and oxygen atoms in total. The number of primary amides is 1. The summed E-state index contributed by atoms with van der Waals surface area (Å²) in [6, 6.07) is -1.80. The summed E-state index contributed by atoms with van der Waals surface area (Å²) in [5.74, 6) is -12.3. The average molecular weight is 1260 g/mol. The second-order valence-corrected chi connectivity index (χ2v) is 20.4. The van der Waals surface area contributed by atoms with Gasteiger partial charge in [-0.05, 0) is 44.2 Å². The van der Waals surface area contributed by atoms with E-state index in [2.05, 4.69) is 83.4 Å². The highest BCUT2D eigenvalue weighted by Crippen LogP contribution is 2.10. The molecule has 1 saturated heterocycles. The molecule has 1 aliphatic rings. The summed E-state index contributed by atoms with van der Waals surface area (Å²) in [6.07, 6.45) is -0.236. The molecule has 1 heterocycles. The summed E-state index contributed by atoms with van der Waals surface area (Å²) >= 11 is 9.36. The molecule has 2 unspecified atom stereocenters. The summed E-state index contributed by atoms with van der Waals surface area (Å²) in [5.41, 5.74) is 22.1. The van der Waals surface area contributed by atoms with Gasteiger partial charge in [-0.15, -0.1) is 11.8 Å². The molecule has 0 spiro atoms. The second-order valence-electron chi connectivity index (χ2n) is 18.6. The normalized spacial score (nSPS) is 21.0. The van der Waals surface area contributed by atoms with Crippen molar-refractivity contribution in [3.8, 4) is 0 Å². The third-order valence-corrected chi connectivity index (χ3v) is 13.4. The Morgan fingerprint density at radius 3 is 1.73 bits per heavy atom. The molecule has 0 bridgehead atoms. The van der Waals surface area contributed by atoms with Crippen LogP contribution in [0.5, 0.6) is 0 Å². The predicted molar refractivity (Wildman–Crippen MR) is 315 cm³/mol. The zero-order valence-electron chi connectivity index (χ0n) is 46.9. The van der Waals surface area contributed by atoms with Gasteiger partial charge in [0.05, 0.1) is 58.4 Å². The van der Waals surface area contributed by atoms with Crippen molar-refractivity contribution in [2.24, 2.45) is 27.9 Å². The largest absolute Gasteiger partial charge is 0.481 e. The Morgan fingerprint density at radius 1 is 0.612 bits per heavy atom. The summed E-state index contributed by atoms with van der Waals surface area (Å²) in [5, 5.41) is 34.8. The van der Waals surface area contributed by atoms with Crippen LogP contribution >= 0.6 is 37.0 Å². The molecule has 1 fully saturated rings. The zero-order chi connectivity index (χ0) is 62.9. The zero-order valence-corrected chi connectivity index (χ0v) is 49.5. The van der Waals surface area contributed by atoms with E-state index in [4.69, 9.17) is 41.9 Å².